The Balaban J connectivity index is 1.62. The third-order valence-corrected chi connectivity index (χ3v) is 4.17. The summed E-state index contributed by atoms with van der Waals surface area (Å²) in [6, 6.07) is 15.8. The number of ketones is 1. The van der Waals surface area contributed by atoms with Crippen LogP contribution in [0.1, 0.15) is 27.9 Å². The van der Waals surface area contributed by atoms with Gasteiger partial charge in [-0.15, -0.1) is 0 Å². The number of allylic oxidation sites excluding steroid dienone is 1. The Labute approximate surface area is 143 Å². The van der Waals surface area contributed by atoms with Gasteiger partial charge < -0.3 is 9.64 Å². The van der Waals surface area contributed by atoms with Gasteiger partial charge in [0.1, 0.15) is 5.75 Å². The summed E-state index contributed by atoms with van der Waals surface area (Å²) in [5.74, 6) is 1.02. The summed E-state index contributed by atoms with van der Waals surface area (Å²) >= 11 is 0. The van der Waals surface area contributed by atoms with E-state index in [-0.39, 0.29) is 5.78 Å². The molecular formula is C21H23NO2. The highest BCUT2D eigenvalue weighted by atomic mass is 16.5. The molecule has 0 N–H and O–H groups in total. The highest BCUT2D eigenvalue weighted by Gasteiger charge is 2.23. The van der Waals surface area contributed by atoms with Crippen molar-refractivity contribution in [2.45, 2.75) is 12.8 Å². The van der Waals surface area contributed by atoms with E-state index in [4.69, 9.17) is 4.74 Å². The van der Waals surface area contributed by atoms with Crippen molar-refractivity contribution in [3.63, 3.8) is 0 Å². The van der Waals surface area contributed by atoms with E-state index in [0.717, 1.165) is 47.4 Å². The smallest absolute Gasteiger partial charge is 0.189 e. The van der Waals surface area contributed by atoms with Gasteiger partial charge in [0.25, 0.3) is 0 Å². The Morgan fingerprint density at radius 2 is 1.83 bits per heavy atom. The number of ether oxygens (including phenoxy) is 1. The van der Waals surface area contributed by atoms with E-state index in [9.17, 15) is 4.79 Å². The summed E-state index contributed by atoms with van der Waals surface area (Å²) in [7, 11) is 4.12. The molecule has 0 saturated heterocycles. The van der Waals surface area contributed by atoms with Crippen molar-refractivity contribution in [3.8, 4) is 5.75 Å². The van der Waals surface area contributed by atoms with Crippen LogP contribution >= 0.6 is 0 Å². The molecule has 0 aliphatic heterocycles. The van der Waals surface area contributed by atoms with Crippen LogP contribution in [0.25, 0.3) is 6.08 Å². The fourth-order valence-electron chi connectivity index (χ4n) is 2.90. The van der Waals surface area contributed by atoms with Crippen molar-refractivity contribution in [3.05, 3.63) is 70.8 Å². The first-order valence-electron chi connectivity index (χ1n) is 8.34. The molecule has 0 heterocycles. The maximum atomic E-state index is 12.4. The van der Waals surface area contributed by atoms with Crippen molar-refractivity contribution >= 4 is 11.9 Å². The van der Waals surface area contributed by atoms with Gasteiger partial charge in [-0.25, -0.2) is 0 Å². The Bertz CT molecular complexity index is 745. The topological polar surface area (TPSA) is 29.5 Å². The van der Waals surface area contributed by atoms with E-state index < -0.39 is 0 Å². The summed E-state index contributed by atoms with van der Waals surface area (Å²) < 4.78 is 5.74. The number of benzene rings is 2. The van der Waals surface area contributed by atoms with Crippen molar-refractivity contribution in [1.82, 2.24) is 4.90 Å². The molecule has 0 aromatic heterocycles. The molecule has 3 heteroatoms. The number of nitrogens with zero attached hydrogens (tertiary/aromatic N) is 1. The van der Waals surface area contributed by atoms with Crippen LogP contribution in [0.4, 0.5) is 0 Å². The first kappa shape index (κ1) is 16.5. The molecule has 0 fully saturated rings. The summed E-state index contributed by atoms with van der Waals surface area (Å²) in [5.41, 5.74) is 3.85. The predicted molar refractivity (Wildman–Crippen MR) is 97.6 cm³/mol. The second-order valence-electron chi connectivity index (χ2n) is 6.41. The monoisotopic (exact) mass is 321 g/mol. The van der Waals surface area contributed by atoms with Crippen LogP contribution in [0, 0.1) is 0 Å². The van der Waals surface area contributed by atoms with E-state index in [0.29, 0.717) is 6.61 Å². The quantitative estimate of drug-likeness (QED) is 0.598. The number of rotatable bonds is 6. The summed E-state index contributed by atoms with van der Waals surface area (Å²) in [4.78, 5) is 14.5. The molecular weight excluding hydrogens is 298 g/mol. The maximum Gasteiger partial charge on any atom is 0.189 e. The van der Waals surface area contributed by atoms with Crippen LogP contribution < -0.4 is 4.74 Å². The van der Waals surface area contributed by atoms with Gasteiger partial charge >= 0.3 is 0 Å². The fourth-order valence-corrected chi connectivity index (χ4v) is 2.90. The lowest BCUT2D eigenvalue weighted by Crippen LogP contribution is -2.15. The molecule has 2 aromatic carbocycles. The Kier molecular flexibility index (Phi) is 5.11. The van der Waals surface area contributed by atoms with Crippen LogP contribution in [-0.2, 0) is 6.42 Å². The van der Waals surface area contributed by atoms with Gasteiger partial charge in [0.2, 0.25) is 0 Å². The molecule has 3 rings (SSSR count). The van der Waals surface area contributed by atoms with Crippen molar-refractivity contribution in [1.29, 1.82) is 0 Å². The number of carbonyl (C=O) groups excluding carboxylic acids is 1. The Morgan fingerprint density at radius 3 is 2.54 bits per heavy atom. The molecule has 1 aliphatic rings. The highest BCUT2D eigenvalue weighted by Crippen LogP contribution is 2.27. The SMILES string of the molecule is CN(C)CCCOc1ccc(/C=C2\Cc3ccccc3C2=O)cc1. The van der Waals surface area contributed by atoms with Crippen molar-refractivity contribution in [2.24, 2.45) is 0 Å². The fraction of sp³-hybridized carbons (Fsp3) is 0.286. The van der Waals surface area contributed by atoms with Crippen LogP contribution in [-0.4, -0.2) is 37.9 Å². The van der Waals surface area contributed by atoms with Gasteiger partial charge in [-0.05, 0) is 49.9 Å². The minimum Gasteiger partial charge on any atom is -0.494 e. The molecule has 3 nitrogen and oxygen atoms in total. The van der Waals surface area contributed by atoms with Gasteiger partial charge in [-0.3, -0.25) is 4.79 Å². The first-order valence-corrected chi connectivity index (χ1v) is 8.34. The third-order valence-electron chi connectivity index (χ3n) is 4.17. The van der Waals surface area contributed by atoms with E-state index in [1.165, 1.54) is 0 Å². The molecule has 0 spiro atoms. The molecule has 0 saturated carbocycles. The third kappa shape index (κ3) is 3.92. The predicted octanol–water partition coefficient (Wildman–Crippen LogP) is 3.84. The van der Waals surface area contributed by atoms with Crippen molar-refractivity contribution < 1.29 is 9.53 Å². The lowest BCUT2D eigenvalue weighted by atomic mass is 10.1. The lowest BCUT2D eigenvalue weighted by molar-refractivity contribution is 0.104. The van der Waals surface area contributed by atoms with E-state index in [1.54, 1.807) is 0 Å². The minimum absolute atomic E-state index is 0.148. The molecule has 1 aliphatic carbocycles. The number of carbonyl (C=O) groups is 1. The average molecular weight is 321 g/mol. The number of hydrogen-bond donors (Lipinski definition) is 0. The van der Waals surface area contributed by atoms with E-state index in [2.05, 4.69) is 19.0 Å². The second-order valence-corrected chi connectivity index (χ2v) is 6.41. The second kappa shape index (κ2) is 7.45. The number of fused-ring (bicyclic) bond motifs is 1. The summed E-state index contributed by atoms with van der Waals surface area (Å²) in [5, 5.41) is 0. The zero-order chi connectivity index (χ0) is 16.9. The molecule has 24 heavy (non-hydrogen) atoms. The van der Waals surface area contributed by atoms with Gasteiger partial charge in [0.15, 0.2) is 5.78 Å². The standard InChI is InChI=1S/C21H23NO2/c1-22(2)12-5-13-24-19-10-8-16(9-11-19)14-18-15-17-6-3-4-7-20(17)21(18)23/h3-4,6-11,14H,5,12-13,15H2,1-2H3/b18-14+. The normalized spacial score (nSPS) is 15.1. The summed E-state index contributed by atoms with van der Waals surface area (Å²) in [6.45, 7) is 1.74. The molecule has 0 bridgehead atoms. The van der Waals surface area contributed by atoms with Gasteiger partial charge in [-0.2, -0.15) is 0 Å². The maximum absolute atomic E-state index is 12.4. The molecule has 124 valence electrons. The van der Waals surface area contributed by atoms with Crippen LogP contribution in [0.15, 0.2) is 54.1 Å². The van der Waals surface area contributed by atoms with Gasteiger partial charge in [0.05, 0.1) is 6.61 Å². The highest BCUT2D eigenvalue weighted by molar-refractivity contribution is 6.15. The molecule has 0 amide bonds. The minimum atomic E-state index is 0.148. The molecule has 0 atom stereocenters. The lowest BCUT2D eigenvalue weighted by Gasteiger charge is -2.10. The van der Waals surface area contributed by atoms with Crippen LogP contribution in [0.3, 0.4) is 0 Å². The molecule has 2 aromatic rings. The number of Topliss-reactive ketones (excluding diaryl/α,β-unsaturated/α-hetero) is 1. The Morgan fingerprint density at radius 1 is 1.08 bits per heavy atom. The Hall–Kier alpha value is -2.39. The van der Waals surface area contributed by atoms with Crippen molar-refractivity contribution in [2.75, 3.05) is 27.2 Å². The average Bonchev–Trinajstić information content (AvgIpc) is 2.89. The van der Waals surface area contributed by atoms with Gasteiger partial charge in [0, 0.05) is 24.1 Å². The summed E-state index contributed by atoms with van der Waals surface area (Å²) in [6.07, 6.45) is 3.71. The van der Waals surface area contributed by atoms with Crippen LogP contribution in [0.2, 0.25) is 0 Å². The molecule has 0 radical (unpaired) electrons. The molecule has 0 unspecified atom stereocenters. The largest absolute Gasteiger partial charge is 0.494 e. The van der Waals surface area contributed by atoms with Gasteiger partial charge in [-0.1, -0.05) is 36.4 Å². The first-order chi connectivity index (χ1) is 11.6. The zero-order valence-corrected chi connectivity index (χ0v) is 14.3. The number of hydrogen-bond acceptors (Lipinski definition) is 3. The van der Waals surface area contributed by atoms with E-state index in [1.807, 2.05) is 54.6 Å². The van der Waals surface area contributed by atoms with E-state index >= 15 is 0 Å². The van der Waals surface area contributed by atoms with Crippen LogP contribution in [0.5, 0.6) is 5.75 Å². The zero-order valence-electron chi connectivity index (χ0n) is 14.3.